The molecule has 0 aliphatic rings. The predicted octanol–water partition coefficient (Wildman–Crippen LogP) is 2.41. The lowest BCUT2D eigenvalue weighted by molar-refractivity contribution is -0.120. The number of methoxy groups -OCH3 is 2. The number of thiophene rings is 1. The summed E-state index contributed by atoms with van der Waals surface area (Å²) >= 11 is 1.76. The highest BCUT2D eigenvalue weighted by Crippen LogP contribution is 2.19. The second-order valence-electron chi connectivity index (χ2n) is 3.53. The zero-order chi connectivity index (χ0) is 11.3. The summed E-state index contributed by atoms with van der Waals surface area (Å²) in [6.07, 6.45) is -0.201. The van der Waals surface area contributed by atoms with Crippen LogP contribution in [0, 0.1) is 0 Å². The largest absolute Gasteiger partial charge is 0.354 e. The van der Waals surface area contributed by atoms with Crippen molar-refractivity contribution in [3.8, 4) is 0 Å². The van der Waals surface area contributed by atoms with E-state index in [2.05, 4.69) is 36.7 Å². The van der Waals surface area contributed by atoms with Gasteiger partial charge in [0.25, 0.3) is 0 Å². The molecule has 0 aromatic carbocycles. The first-order chi connectivity index (χ1) is 7.19. The maximum atomic E-state index is 5.20. The van der Waals surface area contributed by atoms with Crippen molar-refractivity contribution in [1.82, 2.24) is 5.32 Å². The summed E-state index contributed by atoms with van der Waals surface area (Å²) in [6, 6.07) is 4.68. The van der Waals surface area contributed by atoms with Gasteiger partial charge in [-0.15, -0.1) is 11.3 Å². The third-order valence-corrected chi connectivity index (χ3v) is 3.41. The Morgan fingerprint density at radius 3 is 2.40 bits per heavy atom. The molecule has 4 heteroatoms. The van der Waals surface area contributed by atoms with E-state index in [-0.39, 0.29) is 12.3 Å². The molecule has 0 aliphatic heterocycles. The minimum absolute atomic E-state index is 0.164. The Morgan fingerprint density at radius 2 is 1.93 bits per heavy atom. The number of hydrogen-bond donors (Lipinski definition) is 1. The molecule has 3 nitrogen and oxygen atoms in total. The zero-order valence-electron chi connectivity index (χ0n) is 9.69. The Balaban J connectivity index is 2.47. The zero-order valence-corrected chi connectivity index (χ0v) is 10.5. The van der Waals surface area contributed by atoms with E-state index in [1.807, 2.05) is 0 Å². The average molecular weight is 229 g/mol. The van der Waals surface area contributed by atoms with Crippen molar-refractivity contribution in [3.63, 3.8) is 0 Å². The summed E-state index contributed by atoms with van der Waals surface area (Å²) in [4.78, 5) is 1.33. The fourth-order valence-electron chi connectivity index (χ4n) is 1.60. The molecule has 2 atom stereocenters. The highest BCUT2D eigenvalue weighted by Gasteiger charge is 2.18. The van der Waals surface area contributed by atoms with E-state index in [1.165, 1.54) is 4.88 Å². The summed E-state index contributed by atoms with van der Waals surface area (Å²) in [5.41, 5.74) is 0. The van der Waals surface area contributed by atoms with Gasteiger partial charge in [0.05, 0.1) is 6.04 Å². The molecule has 0 saturated carbocycles. The van der Waals surface area contributed by atoms with Crippen LogP contribution in [-0.2, 0) is 9.47 Å². The normalized spacial score (nSPS) is 15.5. The van der Waals surface area contributed by atoms with Gasteiger partial charge in [-0.2, -0.15) is 0 Å². The van der Waals surface area contributed by atoms with Crippen LogP contribution < -0.4 is 5.32 Å². The van der Waals surface area contributed by atoms with Gasteiger partial charge in [0, 0.05) is 25.1 Å². The van der Waals surface area contributed by atoms with Gasteiger partial charge in [0.1, 0.15) is 0 Å². The first-order valence-electron chi connectivity index (χ1n) is 5.04. The first-order valence-corrected chi connectivity index (χ1v) is 5.92. The van der Waals surface area contributed by atoms with E-state index < -0.39 is 0 Å². The lowest BCUT2D eigenvalue weighted by Crippen LogP contribution is -2.40. The third-order valence-electron chi connectivity index (χ3n) is 2.36. The lowest BCUT2D eigenvalue weighted by Gasteiger charge is -2.25. The van der Waals surface area contributed by atoms with Crippen LogP contribution in [-0.4, -0.2) is 26.6 Å². The van der Waals surface area contributed by atoms with Gasteiger partial charge in [-0.05, 0) is 25.3 Å². The molecule has 0 spiro atoms. The van der Waals surface area contributed by atoms with Gasteiger partial charge >= 0.3 is 0 Å². The van der Waals surface area contributed by atoms with Crippen LogP contribution >= 0.6 is 11.3 Å². The highest BCUT2D eigenvalue weighted by molar-refractivity contribution is 7.10. The van der Waals surface area contributed by atoms with Gasteiger partial charge in [-0.3, -0.25) is 0 Å². The molecule has 0 radical (unpaired) electrons. The summed E-state index contributed by atoms with van der Waals surface area (Å²) in [6.45, 7) is 4.20. The Morgan fingerprint density at radius 1 is 1.27 bits per heavy atom. The van der Waals surface area contributed by atoms with Crippen molar-refractivity contribution in [2.75, 3.05) is 14.2 Å². The van der Waals surface area contributed by atoms with E-state index in [0.717, 1.165) is 0 Å². The number of hydrogen-bond acceptors (Lipinski definition) is 4. The molecule has 0 fully saturated rings. The van der Waals surface area contributed by atoms with Gasteiger partial charge in [0.15, 0.2) is 6.29 Å². The van der Waals surface area contributed by atoms with Crippen molar-refractivity contribution in [1.29, 1.82) is 0 Å². The van der Waals surface area contributed by atoms with E-state index in [0.29, 0.717) is 6.04 Å². The topological polar surface area (TPSA) is 30.5 Å². The highest BCUT2D eigenvalue weighted by atomic mass is 32.1. The summed E-state index contributed by atoms with van der Waals surface area (Å²) < 4.78 is 10.4. The van der Waals surface area contributed by atoms with Crippen LogP contribution in [0.25, 0.3) is 0 Å². The van der Waals surface area contributed by atoms with Crippen LogP contribution in [0.4, 0.5) is 0 Å². The summed E-state index contributed by atoms with van der Waals surface area (Å²) in [5, 5.41) is 5.53. The molecule has 0 saturated heterocycles. The average Bonchev–Trinajstić information content (AvgIpc) is 2.72. The molecule has 0 amide bonds. The van der Waals surface area contributed by atoms with Gasteiger partial charge < -0.3 is 14.8 Å². The van der Waals surface area contributed by atoms with Crippen molar-refractivity contribution in [2.24, 2.45) is 0 Å². The van der Waals surface area contributed by atoms with Gasteiger partial charge in [-0.25, -0.2) is 0 Å². The van der Waals surface area contributed by atoms with Crippen molar-refractivity contribution < 1.29 is 9.47 Å². The molecule has 0 aliphatic carbocycles. The van der Waals surface area contributed by atoms with Crippen LogP contribution in [0.15, 0.2) is 17.5 Å². The quantitative estimate of drug-likeness (QED) is 0.760. The molecule has 1 heterocycles. The van der Waals surface area contributed by atoms with Crippen LogP contribution in [0.3, 0.4) is 0 Å². The molecule has 86 valence electrons. The van der Waals surface area contributed by atoms with Gasteiger partial charge in [-0.1, -0.05) is 6.07 Å². The third kappa shape index (κ3) is 3.57. The Bertz CT molecular complexity index is 260. The van der Waals surface area contributed by atoms with Crippen LogP contribution in [0.5, 0.6) is 0 Å². The van der Waals surface area contributed by atoms with Crippen molar-refractivity contribution >= 4 is 11.3 Å². The van der Waals surface area contributed by atoms with Gasteiger partial charge in [0.2, 0.25) is 0 Å². The summed E-state index contributed by atoms with van der Waals surface area (Å²) in [5.74, 6) is 0. The molecule has 0 bridgehead atoms. The van der Waals surface area contributed by atoms with Crippen molar-refractivity contribution in [2.45, 2.75) is 32.2 Å². The SMILES string of the molecule is COC(OC)C(C)N[C@@H](C)c1cccs1. The Labute approximate surface area is 95.4 Å². The predicted molar refractivity (Wildman–Crippen MR) is 63.1 cm³/mol. The van der Waals surface area contributed by atoms with E-state index in [4.69, 9.17) is 9.47 Å². The molecule has 1 aromatic rings. The maximum absolute atomic E-state index is 5.20. The Kier molecular flexibility index (Phi) is 5.25. The second-order valence-corrected chi connectivity index (χ2v) is 4.51. The van der Waals surface area contributed by atoms with Crippen LogP contribution in [0.1, 0.15) is 24.8 Å². The van der Waals surface area contributed by atoms with E-state index >= 15 is 0 Å². The lowest BCUT2D eigenvalue weighted by atomic mass is 10.2. The summed E-state index contributed by atoms with van der Waals surface area (Å²) in [7, 11) is 3.31. The molecule has 1 N–H and O–H groups in total. The maximum Gasteiger partial charge on any atom is 0.171 e. The standard InChI is InChI=1S/C11H19NO2S/c1-8(10-6-5-7-15-10)12-9(2)11(13-3)14-4/h5-9,11-12H,1-4H3/t8-,9?/m0/s1. The first kappa shape index (κ1) is 12.6. The molecular weight excluding hydrogens is 210 g/mol. The smallest absolute Gasteiger partial charge is 0.171 e. The molecule has 15 heavy (non-hydrogen) atoms. The second kappa shape index (κ2) is 6.23. The number of rotatable bonds is 6. The molecular formula is C11H19NO2S. The molecule has 1 rings (SSSR count). The Hall–Kier alpha value is -0.420. The number of nitrogens with one attached hydrogen (secondary N) is 1. The van der Waals surface area contributed by atoms with Crippen LogP contribution in [0.2, 0.25) is 0 Å². The van der Waals surface area contributed by atoms with E-state index in [9.17, 15) is 0 Å². The van der Waals surface area contributed by atoms with Crippen molar-refractivity contribution in [3.05, 3.63) is 22.4 Å². The minimum Gasteiger partial charge on any atom is -0.354 e. The minimum atomic E-state index is -0.201. The fourth-order valence-corrected chi connectivity index (χ4v) is 2.34. The number of ether oxygens (including phenoxy) is 2. The monoisotopic (exact) mass is 229 g/mol. The molecule has 1 aromatic heterocycles. The fraction of sp³-hybridized carbons (Fsp3) is 0.636. The van der Waals surface area contributed by atoms with E-state index in [1.54, 1.807) is 25.6 Å². The molecule has 1 unspecified atom stereocenters.